The van der Waals surface area contributed by atoms with Crippen molar-refractivity contribution < 1.29 is 37.6 Å². The number of nitrogens with one attached hydrogen (secondary N) is 1. The van der Waals surface area contributed by atoms with Gasteiger partial charge in [0.05, 0.1) is 28.4 Å². The molecule has 2 aromatic rings. The first-order valence-electron chi connectivity index (χ1n) is 12.8. The van der Waals surface area contributed by atoms with Gasteiger partial charge >= 0.3 is 17.6 Å². The van der Waals surface area contributed by atoms with Crippen LogP contribution in [0.25, 0.3) is 0 Å². The van der Waals surface area contributed by atoms with E-state index in [9.17, 15) is 33.3 Å². The molecule has 0 heterocycles. The molecule has 212 valence electrons. The number of hydrogen-bond donors (Lipinski definition) is 1. The van der Waals surface area contributed by atoms with Crippen LogP contribution < -0.4 is 5.32 Å². The van der Waals surface area contributed by atoms with Crippen molar-refractivity contribution in [3.63, 3.8) is 0 Å². The van der Waals surface area contributed by atoms with Crippen LogP contribution in [0.2, 0.25) is 0 Å². The first-order valence-corrected chi connectivity index (χ1v) is 12.8. The molecule has 0 bridgehead atoms. The number of esters is 2. The lowest BCUT2D eigenvalue weighted by atomic mass is 10.2. The van der Waals surface area contributed by atoms with E-state index < -0.39 is 45.9 Å². The molecule has 0 aliphatic heterocycles. The Morgan fingerprint density at radius 2 is 1.46 bits per heavy atom. The molecular weight excluding hydrogens is 514 g/mol. The summed E-state index contributed by atoms with van der Waals surface area (Å²) in [6, 6.07) is 8.12. The molecule has 1 N–H and O–H groups in total. The second-order valence-corrected chi connectivity index (χ2v) is 9.77. The summed E-state index contributed by atoms with van der Waals surface area (Å²) in [4.78, 5) is 42.2. The molecule has 9 nitrogen and oxygen atoms in total. The number of benzene rings is 2. The molecule has 0 amide bonds. The lowest BCUT2D eigenvalue weighted by Gasteiger charge is -2.11. The maximum atomic E-state index is 14.1. The van der Waals surface area contributed by atoms with Gasteiger partial charge in [-0.05, 0) is 77.5 Å². The normalized spacial score (nSPS) is 13.8. The predicted molar refractivity (Wildman–Crippen MR) is 141 cm³/mol. The number of carbonyl (C=O) groups excluding carboxylic acids is 3. The van der Waals surface area contributed by atoms with Crippen molar-refractivity contribution >= 4 is 29.6 Å². The van der Waals surface area contributed by atoms with E-state index in [1.54, 1.807) is 39.8 Å². The fourth-order valence-corrected chi connectivity index (χ4v) is 3.01. The minimum absolute atomic E-state index is 0.00973. The van der Waals surface area contributed by atoms with E-state index in [0.29, 0.717) is 17.5 Å². The summed E-state index contributed by atoms with van der Waals surface area (Å²) in [5.74, 6) is -2.11. The number of rotatable bonds is 9. The van der Waals surface area contributed by atoms with Crippen LogP contribution in [0.15, 0.2) is 36.4 Å². The molecule has 4 rings (SSSR count). The van der Waals surface area contributed by atoms with E-state index in [1.165, 1.54) is 25.0 Å². The van der Waals surface area contributed by atoms with Gasteiger partial charge in [0.15, 0.2) is 5.82 Å². The summed E-state index contributed by atoms with van der Waals surface area (Å²) in [5, 5.41) is 13.5. The van der Waals surface area contributed by atoms with E-state index in [2.05, 4.69) is 5.32 Å². The van der Waals surface area contributed by atoms with Gasteiger partial charge in [0.2, 0.25) is 5.82 Å². The van der Waals surface area contributed by atoms with Gasteiger partial charge in [-0.15, -0.1) is 0 Å². The Kier molecular flexibility index (Phi) is 12.0. The number of carbonyl (C=O) groups is 3. The second kappa shape index (κ2) is 14.9. The minimum atomic E-state index is -1.17. The van der Waals surface area contributed by atoms with Crippen LogP contribution >= 0.6 is 0 Å². The number of nitro benzene ring substituents is 1. The quantitative estimate of drug-likeness (QED) is 0.172. The number of nitro groups is 1. The zero-order valence-corrected chi connectivity index (χ0v) is 22.4. The molecule has 0 unspecified atom stereocenters. The molecule has 0 atom stereocenters. The Bertz CT molecular complexity index is 1160. The van der Waals surface area contributed by atoms with Crippen LogP contribution in [-0.2, 0) is 14.3 Å². The zero-order chi connectivity index (χ0) is 29.1. The maximum absolute atomic E-state index is 14.1. The van der Waals surface area contributed by atoms with E-state index in [1.807, 2.05) is 0 Å². The average Bonchev–Trinajstić information content (AvgIpc) is 3.78. The van der Waals surface area contributed by atoms with Gasteiger partial charge < -0.3 is 19.6 Å². The summed E-state index contributed by atoms with van der Waals surface area (Å²) in [5.41, 5.74) is -0.800. The number of ether oxygens (including phenoxy) is 2. The molecule has 0 saturated heterocycles. The highest BCUT2D eigenvalue weighted by molar-refractivity contribution is 5.91. The Morgan fingerprint density at radius 1 is 0.949 bits per heavy atom. The fourth-order valence-electron chi connectivity index (χ4n) is 3.01. The monoisotopic (exact) mass is 548 g/mol. The molecule has 2 aliphatic carbocycles. The zero-order valence-electron chi connectivity index (χ0n) is 22.4. The van der Waals surface area contributed by atoms with Gasteiger partial charge in [0.25, 0.3) is 0 Å². The van der Waals surface area contributed by atoms with Crippen molar-refractivity contribution in [2.75, 3.05) is 11.9 Å². The van der Waals surface area contributed by atoms with Crippen molar-refractivity contribution in [2.24, 2.45) is 11.8 Å². The van der Waals surface area contributed by atoms with Crippen LogP contribution in [0, 0.1) is 33.6 Å². The second-order valence-electron chi connectivity index (χ2n) is 9.77. The van der Waals surface area contributed by atoms with Gasteiger partial charge in [-0.25, -0.2) is 14.0 Å². The van der Waals surface area contributed by atoms with Gasteiger partial charge in [0, 0.05) is 18.5 Å². The first kappa shape index (κ1) is 31.3. The maximum Gasteiger partial charge on any atom is 0.341 e. The average molecular weight is 549 g/mol. The van der Waals surface area contributed by atoms with E-state index in [4.69, 9.17) is 9.47 Å². The molecule has 0 spiro atoms. The van der Waals surface area contributed by atoms with E-state index in [-0.39, 0.29) is 11.7 Å². The van der Waals surface area contributed by atoms with Crippen LogP contribution in [0.5, 0.6) is 0 Å². The van der Waals surface area contributed by atoms with Crippen LogP contribution in [-0.4, -0.2) is 41.9 Å². The third kappa shape index (κ3) is 10.8. The minimum Gasteiger partial charge on any atom is -0.459 e. The summed E-state index contributed by atoms with van der Waals surface area (Å²) in [7, 11) is 0. The fraction of sp³-hybridized carbons (Fsp3) is 0.464. The number of nitrogens with zero attached hydrogens (tertiary/aromatic N) is 1. The van der Waals surface area contributed by atoms with Gasteiger partial charge in [0.1, 0.15) is 11.8 Å². The van der Waals surface area contributed by atoms with Crippen LogP contribution in [0.4, 0.5) is 20.2 Å². The van der Waals surface area contributed by atoms with Crippen molar-refractivity contribution in [3.05, 3.63) is 69.3 Å². The summed E-state index contributed by atoms with van der Waals surface area (Å²) in [6.07, 6.45) is 5.05. The number of anilines is 1. The van der Waals surface area contributed by atoms with Crippen LogP contribution in [0.1, 0.15) is 74.1 Å². The first-order chi connectivity index (χ1) is 18.4. The highest BCUT2D eigenvalue weighted by Gasteiger charge is 2.24. The van der Waals surface area contributed by atoms with E-state index >= 15 is 0 Å². The molecule has 11 heteroatoms. The van der Waals surface area contributed by atoms with E-state index in [0.717, 1.165) is 37.8 Å². The lowest BCUT2D eigenvalue weighted by Crippen LogP contribution is -2.14. The van der Waals surface area contributed by atoms with Gasteiger partial charge in [-0.1, -0.05) is 12.1 Å². The van der Waals surface area contributed by atoms with Crippen molar-refractivity contribution in [2.45, 2.75) is 65.6 Å². The Labute approximate surface area is 226 Å². The lowest BCUT2D eigenvalue weighted by molar-refractivity contribution is -0.387. The van der Waals surface area contributed by atoms with Crippen molar-refractivity contribution in [3.8, 4) is 0 Å². The molecule has 2 aliphatic rings. The molecule has 0 aromatic heterocycles. The number of hydrogen-bond acceptors (Lipinski definition) is 8. The van der Waals surface area contributed by atoms with Gasteiger partial charge in [-0.3, -0.25) is 10.1 Å². The Hall–Kier alpha value is -3.89. The van der Waals surface area contributed by atoms with Crippen molar-refractivity contribution in [1.82, 2.24) is 0 Å². The highest BCUT2D eigenvalue weighted by Crippen LogP contribution is 2.30. The summed E-state index contributed by atoms with van der Waals surface area (Å²) < 4.78 is 37.3. The Balaban J connectivity index is 0.000000233. The molecule has 0 radical (unpaired) electrons. The smallest absolute Gasteiger partial charge is 0.341 e. The third-order valence-electron chi connectivity index (χ3n) is 5.39. The summed E-state index contributed by atoms with van der Waals surface area (Å²) >= 11 is 0. The summed E-state index contributed by atoms with van der Waals surface area (Å²) in [6.45, 7) is 7.45. The largest absolute Gasteiger partial charge is 0.459 e. The molecular formula is C28H34F2N2O7. The third-order valence-corrected chi connectivity index (χ3v) is 5.39. The number of halogens is 2. The topological polar surface area (TPSA) is 125 Å². The Morgan fingerprint density at radius 3 is 1.87 bits per heavy atom. The molecule has 2 aromatic carbocycles. The molecule has 2 fully saturated rings. The van der Waals surface area contributed by atoms with Crippen LogP contribution in [0.3, 0.4) is 0 Å². The molecule has 39 heavy (non-hydrogen) atoms. The number of aldehydes is 1. The predicted octanol–water partition coefficient (Wildman–Crippen LogP) is 6.11. The van der Waals surface area contributed by atoms with Gasteiger partial charge in [-0.2, -0.15) is 4.39 Å². The standard InChI is InChI=1S/C14H18FNO2.C10H10FNO4.C4H6O/c1-9(2)18-14(17)11-4-3-5-12(13(11)15)16-8-10-6-7-10;1-6(2)16-10(13)7-4-3-5-8(9(7)11)12(14)15;5-3-4-1-2-4/h3-5,9-10,16H,6-8H2,1-2H3;3-6H,1-2H3;3-4H,1-2H2. The highest BCUT2D eigenvalue weighted by atomic mass is 19.1. The van der Waals surface area contributed by atoms with Crippen molar-refractivity contribution in [1.29, 1.82) is 0 Å². The SMILES string of the molecule is CC(C)OC(=O)c1cccc(NCC2CC2)c1F.CC(C)OC(=O)c1cccc([N+](=O)[O-])c1F.O=CC1CC1. The molecule has 2 saturated carbocycles.